The highest BCUT2D eigenvalue weighted by Crippen LogP contribution is 2.21. The second kappa shape index (κ2) is 6.07. The third kappa shape index (κ3) is 3.48. The fraction of sp³-hybridized carbons (Fsp3) is 0.312. The Labute approximate surface area is 119 Å². The molecule has 2 rings (SSSR count). The summed E-state index contributed by atoms with van der Waals surface area (Å²) in [6.45, 7) is 6.67. The molecule has 0 amide bonds. The maximum Gasteiger partial charge on any atom is 0.142 e. The molecule has 0 fully saturated rings. The molecule has 3 heteroatoms. The first-order chi connectivity index (χ1) is 9.10. The van der Waals surface area contributed by atoms with Crippen molar-refractivity contribution in [1.82, 2.24) is 4.98 Å². The van der Waals surface area contributed by atoms with Crippen LogP contribution in [0, 0.1) is 20.8 Å². The SMILES string of the molecule is Cc1ccc(C)c(COc2ccc(C)nc2CCl)c1. The molecule has 0 aliphatic heterocycles. The molecule has 0 N–H and O–H groups in total. The van der Waals surface area contributed by atoms with Gasteiger partial charge in [0.2, 0.25) is 0 Å². The lowest BCUT2D eigenvalue weighted by atomic mass is 10.1. The van der Waals surface area contributed by atoms with Gasteiger partial charge in [-0.3, -0.25) is 4.98 Å². The van der Waals surface area contributed by atoms with Crippen LogP contribution in [0.25, 0.3) is 0 Å². The third-order valence-corrected chi connectivity index (χ3v) is 3.34. The smallest absolute Gasteiger partial charge is 0.142 e. The maximum absolute atomic E-state index is 5.90. The molecule has 0 atom stereocenters. The van der Waals surface area contributed by atoms with Crippen LogP contribution in [0.1, 0.15) is 28.1 Å². The Morgan fingerprint density at radius 2 is 1.89 bits per heavy atom. The van der Waals surface area contributed by atoms with Crippen LogP contribution in [0.2, 0.25) is 0 Å². The predicted molar refractivity (Wildman–Crippen MR) is 78.8 cm³/mol. The van der Waals surface area contributed by atoms with E-state index >= 15 is 0 Å². The Bertz CT molecular complexity index is 581. The molecule has 1 heterocycles. The summed E-state index contributed by atoms with van der Waals surface area (Å²) in [7, 11) is 0. The summed E-state index contributed by atoms with van der Waals surface area (Å²) in [4.78, 5) is 4.39. The molecule has 2 nitrogen and oxygen atoms in total. The molecule has 0 aliphatic rings. The van der Waals surface area contributed by atoms with E-state index in [2.05, 4.69) is 37.0 Å². The third-order valence-electron chi connectivity index (χ3n) is 3.09. The van der Waals surface area contributed by atoms with Crippen LogP contribution < -0.4 is 4.74 Å². The molecule has 1 aromatic heterocycles. The van der Waals surface area contributed by atoms with Crippen molar-refractivity contribution in [3.8, 4) is 5.75 Å². The van der Waals surface area contributed by atoms with Gasteiger partial charge in [0, 0.05) is 5.69 Å². The van der Waals surface area contributed by atoms with Crippen molar-refractivity contribution < 1.29 is 4.74 Å². The highest BCUT2D eigenvalue weighted by atomic mass is 35.5. The number of hydrogen-bond donors (Lipinski definition) is 0. The zero-order valence-electron chi connectivity index (χ0n) is 11.5. The summed E-state index contributed by atoms with van der Waals surface area (Å²) >= 11 is 5.90. The van der Waals surface area contributed by atoms with Crippen molar-refractivity contribution >= 4 is 11.6 Å². The van der Waals surface area contributed by atoms with Crippen LogP contribution in [0.15, 0.2) is 30.3 Å². The summed E-state index contributed by atoms with van der Waals surface area (Å²) in [5.41, 5.74) is 5.42. The monoisotopic (exact) mass is 275 g/mol. The predicted octanol–water partition coefficient (Wildman–Crippen LogP) is 4.32. The highest BCUT2D eigenvalue weighted by Gasteiger charge is 2.06. The zero-order chi connectivity index (χ0) is 13.8. The van der Waals surface area contributed by atoms with Gasteiger partial charge in [0.15, 0.2) is 0 Å². The minimum absolute atomic E-state index is 0.365. The molecule has 0 radical (unpaired) electrons. The molecule has 0 bridgehead atoms. The van der Waals surface area contributed by atoms with Crippen molar-refractivity contribution in [3.05, 3.63) is 58.4 Å². The van der Waals surface area contributed by atoms with Crippen LogP contribution in [-0.2, 0) is 12.5 Å². The van der Waals surface area contributed by atoms with E-state index in [-0.39, 0.29) is 0 Å². The number of alkyl halides is 1. The fourth-order valence-electron chi connectivity index (χ4n) is 1.94. The quantitative estimate of drug-likeness (QED) is 0.775. The van der Waals surface area contributed by atoms with Crippen molar-refractivity contribution in [2.75, 3.05) is 0 Å². The van der Waals surface area contributed by atoms with Crippen molar-refractivity contribution in [3.63, 3.8) is 0 Å². The Kier molecular flexibility index (Phi) is 4.43. The Balaban J connectivity index is 2.16. The number of hydrogen-bond acceptors (Lipinski definition) is 2. The van der Waals surface area contributed by atoms with Crippen LogP contribution in [0.4, 0.5) is 0 Å². The van der Waals surface area contributed by atoms with Gasteiger partial charge in [-0.1, -0.05) is 23.8 Å². The number of nitrogens with zero attached hydrogens (tertiary/aromatic N) is 1. The minimum Gasteiger partial charge on any atom is -0.487 e. The van der Waals surface area contributed by atoms with Crippen molar-refractivity contribution in [2.24, 2.45) is 0 Å². The van der Waals surface area contributed by atoms with Gasteiger partial charge in [-0.2, -0.15) is 0 Å². The van der Waals surface area contributed by atoms with E-state index in [9.17, 15) is 0 Å². The normalized spacial score (nSPS) is 10.5. The molecule has 100 valence electrons. The summed E-state index contributed by atoms with van der Waals surface area (Å²) in [5.74, 6) is 1.13. The maximum atomic E-state index is 5.90. The van der Waals surface area contributed by atoms with E-state index in [0.29, 0.717) is 12.5 Å². The van der Waals surface area contributed by atoms with E-state index in [4.69, 9.17) is 16.3 Å². The number of benzene rings is 1. The van der Waals surface area contributed by atoms with Gasteiger partial charge in [0.1, 0.15) is 12.4 Å². The molecular formula is C16H18ClNO. The van der Waals surface area contributed by atoms with Crippen LogP contribution >= 0.6 is 11.6 Å². The molecule has 19 heavy (non-hydrogen) atoms. The van der Waals surface area contributed by atoms with E-state index in [1.165, 1.54) is 16.7 Å². The standard InChI is InChI=1S/C16H18ClNO/c1-11-4-5-12(2)14(8-11)10-19-16-7-6-13(3)18-15(16)9-17/h4-8H,9-10H2,1-3H3. The first-order valence-corrected chi connectivity index (χ1v) is 6.85. The fourth-order valence-corrected chi connectivity index (χ4v) is 2.13. The van der Waals surface area contributed by atoms with Crippen LogP contribution in [0.5, 0.6) is 5.75 Å². The number of ether oxygens (including phenoxy) is 1. The molecule has 0 unspecified atom stereocenters. The number of rotatable bonds is 4. The van der Waals surface area contributed by atoms with Gasteiger partial charge < -0.3 is 4.74 Å². The van der Waals surface area contributed by atoms with Crippen LogP contribution in [0.3, 0.4) is 0 Å². The lowest BCUT2D eigenvalue weighted by Crippen LogP contribution is -2.02. The van der Waals surface area contributed by atoms with E-state index < -0.39 is 0 Å². The lowest BCUT2D eigenvalue weighted by molar-refractivity contribution is 0.301. The number of pyridine rings is 1. The largest absolute Gasteiger partial charge is 0.487 e. The second-order valence-corrected chi connectivity index (χ2v) is 5.02. The molecule has 1 aromatic carbocycles. The Hall–Kier alpha value is -1.54. The van der Waals surface area contributed by atoms with Gasteiger partial charge in [0.05, 0.1) is 11.6 Å². The zero-order valence-corrected chi connectivity index (χ0v) is 12.3. The van der Waals surface area contributed by atoms with E-state index in [1.807, 2.05) is 19.1 Å². The topological polar surface area (TPSA) is 22.1 Å². The van der Waals surface area contributed by atoms with Crippen LogP contribution in [-0.4, -0.2) is 4.98 Å². The van der Waals surface area contributed by atoms with Gasteiger partial charge in [-0.15, -0.1) is 11.6 Å². The highest BCUT2D eigenvalue weighted by molar-refractivity contribution is 6.17. The molecule has 0 aliphatic carbocycles. The molecule has 0 saturated carbocycles. The Morgan fingerprint density at radius 1 is 1.11 bits per heavy atom. The summed E-state index contributed by atoms with van der Waals surface area (Å²) in [6.07, 6.45) is 0. The first kappa shape index (κ1) is 13.9. The molecular weight excluding hydrogens is 258 g/mol. The summed E-state index contributed by atoms with van der Waals surface area (Å²) < 4.78 is 5.86. The van der Waals surface area contributed by atoms with Gasteiger partial charge in [-0.25, -0.2) is 0 Å². The average Bonchev–Trinajstić information content (AvgIpc) is 2.40. The number of aromatic nitrogens is 1. The minimum atomic E-state index is 0.365. The molecule has 2 aromatic rings. The van der Waals surface area contributed by atoms with Gasteiger partial charge in [-0.05, 0) is 44.0 Å². The average molecular weight is 276 g/mol. The second-order valence-electron chi connectivity index (χ2n) is 4.75. The number of aryl methyl sites for hydroxylation is 3. The number of halogens is 1. The summed E-state index contributed by atoms with van der Waals surface area (Å²) in [6, 6.07) is 10.2. The van der Waals surface area contributed by atoms with Crippen molar-refractivity contribution in [2.45, 2.75) is 33.3 Å². The van der Waals surface area contributed by atoms with Crippen molar-refractivity contribution in [1.29, 1.82) is 0 Å². The molecule has 0 spiro atoms. The van der Waals surface area contributed by atoms with Gasteiger partial charge in [0.25, 0.3) is 0 Å². The molecule has 0 saturated heterocycles. The first-order valence-electron chi connectivity index (χ1n) is 6.31. The van der Waals surface area contributed by atoms with Gasteiger partial charge >= 0.3 is 0 Å². The summed E-state index contributed by atoms with van der Waals surface area (Å²) in [5, 5.41) is 0. The Morgan fingerprint density at radius 3 is 2.63 bits per heavy atom. The lowest BCUT2D eigenvalue weighted by Gasteiger charge is -2.12. The van der Waals surface area contributed by atoms with E-state index in [0.717, 1.165) is 17.1 Å². The van der Waals surface area contributed by atoms with E-state index in [1.54, 1.807) is 0 Å².